The zero-order chi connectivity index (χ0) is 17.5. The molecule has 128 valence electrons. The van der Waals surface area contributed by atoms with Crippen LogP contribution in [0.2, 0.25) is 5.02 Å². The number of ether oxygens (including phenoxy) is 1. The third-order valence-corrected chi connectivity index (χ3v) is 3.73. The van der Waals surface area contributed by atoms with E-state index >= 15 is 0 Å². The summed E-state index contributed by atoms with van der Waals surface area (Å²) >= 11 is 6.11. The van der Waals surface area contributed by atoms with E-state index in [2.05, 4.69) is 10.4 Å². The van der Waals surface area contributed by atoms with Crippen LogP contribution in [0.15, 0.2) is 36.7 Å². The molecule has 1 N–H and O–H groups in total. The Labute approximate surface area is 145 Å². The first-order chi connectivity index (χ1) is 11.5. The van der Waals surface area contributed by atoms with Gasteiger partial charge in [0.05, 0.1) is 18.3 Å². The minimum atomic E-state index is -0.851. The number of benzene rings is 1. The monoisotopic (exact) mass is 349 g/mol. The predicted molar refractivity (Wildman–Crippen MR) is 91.0 cm³/mol. The summed E-state index contributed by atoms with van der Waals surface area (Å²) in [6, 6.07) is 7.42. The molecule has 24 heavy (non-hydrogen) atoms. The Hall–Kier alpha value is -2.34. The Morgan fingerprint density at radius 2 is 2.12 bits per heavy atom. The first kappa shape index (κ1) is 18.0. The van der Waals surface area contributed by atoms with E-state index < -0.39 is 12.1 Å². The van der Waals surface area contributed by atoms with Crippen LogP contribution in [0.25, 0.3) is 0 Å². The van der Waals surface area contributed by atoms with Crippen LogP contribution in [0.1, 0.15) is 36.2 Å². The van der Waals surface area contributed by atoms with Gasteiger partial charge in [0, 0.05) is 17.8 Å². The third-order valence-electron chi connectivity index (χ3n) is 3.36. The lowest BCUT2D eigenvalue weighted by Crippen LogP contribution is -2.36. The Morgan fingerprint density at radius 1 is 1.38 bits per heavy atom. The standard InChI is InChI=1S/C17H20ClN3O3/c1-3-8-19-16(22)12(2)24-17(23)14-9-20-21(11-14)10-13-6-4-5-7-15(13)18/h4-7,9,11-12H,3,8,10H2,1-2H3,(H,19,22)/t12-/m1/s1. The predicted octanol–water partition coefficient (Wildman–Crippen LogP) is 2.66. The van der Waals surface area contributed by atoms with Gasteiger partial charge in [0.2, 0.25) is 0 Å². The molecule has 0 fully saturated rings. The van der Waals surface area contributed by atoms with Gasteiger partial charge in [0.25, 0.3) is 5.91 Å². The molecule has 7 heteroatoms. The van der Waals surface area contributed by atoms with Gasteiger partial charge in [0.15, 0.2) is 6.10 Å². The van der Waals surface area contributed by atoms with Crippen molar-refractivity contribution in [3.05, 3.63) is 52.8 Å². The van der Waals surface area contributed by atoms with Crippen LogP contribution in [0, 0.1) is 0 Å². The zero-order valence-corrected chi connectivity index (χ0v) is 14.4. The molecule has 1 aromatic carbocycles. The van der Waals surface area contributed by atoms with Crippen LogP contribution in [0.4, 0.5) is 0 Å². The van der Waals surface area contributed by atoms with Gasteiger partial charge in [-0.3, -0.25) is 9.48 Å². The molecule has 6 nitrogen and oxygen atoms in total. The topological polar surface area (TPSA) is 73.2 Å². The van der Waals surface area contributed by atoms with Gasteiger partial charge >= 0.3 is 5.97 Å². The molecule has 0 aliphatic heterocycles. The second kappa shape index (κ2) is 8.49. The van der Waals surface area contributed by atoms with Gasteiger partial charge in [0.1, 0.15) is 0 Å². The van der Waals surface area contributed by atoms with Crippen molar-refractivity contribution in [1.29, 1.82) is 0 Å². The van der Waals surface area contributed by atoms with E-state index in [9.17, 15) is 9.59 Å². The molecule has 0 saturated carbocycles. The number of aromatic nitrogens is 2. The number of esters is 1. The number of halogens is 1. The van der Waals surface area contributed by atoms with E-state index in [0.717, 1.165) is 12.0 Å². The highest BCUT2D eigenvalue weighted by Crippen LogP contribution is 2.16. The molecule has 2 aromatic rings. The highest BCUT2D eigenvalue weighted by molar-refractivity contribution is 6.31. The lowest BCUT2D eigenvalue weighted by atomic mass is 10.2. The number of hydrogen-bond acceptors (Lipinski definition) is 4. The van der Waals surface area contributed by atoms with E-state index in [-0.39, 0.29) is 11.5 Å². The normalized spacial score (nSPS) is 11.8. The number of nitrogens with one attached hydrogen (secondary N) is 1. The molecule has 1 heterocycles. The van der Waals surface area contributed by atoms with Crippen molar-refractivity contribution in [2.24, 2.45) is 0 Å². The molecule has 1 aromatic heterocycles. The fourth-order valence-corrected chi connectivity index (χ4v) is 2.23. The molecule has 0 aliphatic carbocycles. The lowest BCUT2D eigenvalue weighted by Gasteiger charge is -2.12. The van der Waals surface area contributed by atoms with Gasteiger partial charge in [-0.05, 0) is 25.0 Å². The minimum absolute atomic E-state index is 0.289. The smallest absolute Gasteiger partial charge is 0.342 e. The number of hydrogen-bond donors (Lipinski definition) is 1. The summed E-state index contributed by atoms with van der Waals surface area (Å²) in [5.41, 5.74) is 1.19. The SMILES string of the molecule is CCCNC(=O)[C@@H](C)OC(=O)c1cnn(Cc2ccccc2Cl)c1. The summed E-state index contributed by atoms with van der Waals surface area (Å²) in [6.07, 6.45) is 2.95. The Kier molecular flexibility index (Phi) is 6.37. The van der Waals surface area contributed by atoms with Crippen LogP contribution in [0.3, 0.4) is 0 Å². The van der Waals surface area contributed by atoms with E-state index in [0.29, 0.717) is 18.1 Å². The average Bonchev–Trinajstić information content (AvgIpc) is 3.03. The Bertz CT molecular complexity index is 715. The fourth-order valence-electron chi connectivity index (χ4n) is 2.03. The first-order valence-electron chi connectivity index (χ1n) is 7.75. The molecular weight excluding hydrogens is 330 g/mol. The van der Waals surface area contributed by atoms with E-state index in [1.807, 2.05) is 25.1 Å². The van der Waals surface area contributed by atoms with Gasteiger partial charge < -0.3 is 10.1 Å². The largest absolute Gasteiger partial charge is 0.449 e. The van der Waals surface area contributed by atoms with Crippen molar-refractivity contribution in [1.82, 2.24) is 15.1 Å². The molecule has 0 spiro atoms. The second-order valence-electron chi connectivity index (χ2n) is 5.36. The Balaban J connectivity index is 1.96. The van der Waals surface area contributed by atoms with Crippen LogP contribution in [0.5, 0.6) is 0 Å². The lowest BCUT2D eigenvalue weighted by molar-refractivity contribution is -0.129. The van der Waals surface area contributed by atoms with Crippen LogP contribution >= 0.6 is 11.6 Å². The van der Waals surface area contributed by atoms with Crippen molar-refractivity contribution in [2.75, 3.05) is 6.54 Å². The maximum atomic E-state index is 12.1. The molecule has 0 radical (unpaired) electrons. The van der Waals surface area contributed by atoms with Crippen molar-refractivity contribution in [3.8, 4) is 0 Å². The highest BCUT2D eigenvalue weighted by atomic mass is 35.5. The van der Waals surface area contributed by atoms with Crippen molar-refractivity contribution in [2.45, 2.75) is 32.9 Å². The fraction of sp³-hybridized carbons (Fsp3) is 0.353. The van der Waals surface area contributed by atoms with Gasteiger partial charge in [-0.1, -0.05) is 36.7 Å². The van der Waals surface area contributed by atoms with Gasteiger partial charge in [-0.25, -0.2) is 4.79 Å². The van der Waals surface area contributed by atoms with Crippen molar-refractivity contribution in [3.63, 3.8) is 0 Å². The molecule has 2 rings (SSSR count). The summed E-state index contributed by atoms with van der Waals surface area (Å²) in [5.74, 6) is -0.895. The maximum Gasteiger partial charge on any atom is 0.342 e. The zero-order valence-electron chi connectivity index (χ0n) is 13.7. The average molecular weight is 350 g/mol. The summed E-state index contributed by atoms with van der Waals surface area (Å²) in [6.45, 7) is 4.48. The number of amides is 1. The van der Waals surface area contributed by atoms with Gasteiger partial charge in [-0.15, -0.1) is 0 Å². The van der Waals surface area contributed by atoms with Crippen LogP contribution in [-0.4, -0.2) is 34.3 Å². The highest BCUT2D eigenvalue weighted by Gasteiger charge is 2.19. The maximum absolute atomic E-state index is 12.1. The summed E-state index contributed by atoms with van der Waals surface area (Å²) in [5, 5.41) is 7.45. The van der Waals surface area contributed by atoms with E-state index in [1.54, 1.807) is 16.9 Å². The molecule has 1 atom stereocenters. The first-order valence-corrected chi connectivity index (χ1v) is 8.13. The Morgan fingerprint density at radius 3 is 2.83 bits per heavy atom. The number of rotatable bonds is 7. The van der Waals surface area contributed by atoms with Crippen LogP contribution < -0.4 is 5.32 Å². The molecule has 0 bridgehead atoms. The number of carbonyl (C=O) groups excluding carboxylic acids is 2. The minimum Gasteiger partial charge on any atom is -0.449 e. The molecule has 0 aliphatic rings. The van der Waals surface area contributed by atoms with Gasteiger partial charge in [-0.2, -0.15) is 5.10 Å². The third kappa shape index (κ3) is 4.83. The van der Waals surface area contributed by atoms with Crippen molar-refractivity contribution >= 4 is 23.5 Å². The molecule has 0 unspecified atom stereocenters. The quantitative estimate of drug-likeness (QED) is 0.780. The number of carbonyl (C=O) groups is 2. The summed E-state index contributed by atoms with van der Waals surface area (Å²) in [4.78, 5) is 23.8. The van der Waals surface area contributed by atoms with Crippen LogP contribution in [-0.2, 0) is 16.1 Å². The van der Waals surface area contributed by atoms with Crippen molar-refractivity contribution < 1.29 is 14.3 Å². The molecular formula is C17H20ClN3O3. The van der Waals surface area contributed by atoms with E-state index in [4.69, 9.17) is 16.3 Å². The summed E-state index contributed by atoms with van der Waals surface area (Å²) < 4.78 is 6.75. The summed E-state index contributed by atoms with van der Waals surface area (Å²) in [7, 11) is 0. The second-order valence-corrected chi connectivity index (χ2v) is 5.76. The molecule has 0 saturated heterocycles. The number of nitrogens with zero attached hydrogens (tertiary/aromatic N) is 2. The molecule has 1 amide bonds. The van der Waals surface area contributed by atoms with E-state index in [1.165, 1.54) is 13.1 Å².